The number of fused-ring (bicyclic) bond motifs is 1. The molecule has 128 valence electrons. The predicted molar refractivity (Wildman–Crippen MR) is 93.6 cm³/mol. The Kier molecular flexibility index (Phi) is 5.36. The average molecular weight is 327 g/mol. The van der Waals surface area contributed by atoms with Crippen LogP contribution in [0.15, 0.2) is 41.0 Å². The van der Waals surface area contributed by atoms with Gasteiger partial charge in [0.25, 0.3) is 5.91 Å². The molecule has 0 unspecified atom stereocenters. The second-order valence-corrected chi connectivity index (χ2v) is 6.77. The van der Waals surface area contributed by atoms with Crippen LogP contribution in [0.4, 0.5) is 0 Å². The zero-order chi connectivity index (χ0) is 16.9. The summed E-state index contributed by atoms with van der Waals surface area (Å²) in [6.45, 7) is 4.49. The Hall–Kier alpha value is -2.07. The van der Waals surface area contributed by atoms with E-state index in [-0.39, 0.29) is 18.0 Å². The van der Waals surface area contributed by atoms with Crippen LogP contribution in [0.5, 0.6) is 0 Å². The van der Waals surface area contributed by atoms with Gasteiger partial charge in [-0.1, -0.05) is 18.2 Å². The highest BCUT2D eigenvalue weighted by Gasteiger charge is 2.17. The first-order chi connectivity index (χ1) is 11.6. The molecule has 0 spiro atoms. The highest BCUT2D eigenvalue weighted by atomic mass is 16.3. The van der Waals surface area contributed by atoms with Crippen molar-refractivity contribution in [1.29, 1.82) is 0 Å². The molecule has 0 fully saturated rings. The van der Waals surface area contributed by atoms with Gasteiger partial charge in [0.05, 0.1) is 12.3 Å². The molecule has 2 aromatic rings. The Morgan fingerprint density at radius 2 is 2.00 bits per heavy atom. The molecule has 0 saturated heterocycles. The van der Waals surface area contributed by atoms with Crippen molar-refractivity contribution >= 4 is 5.91 Å². The Bertz CT molecular complexity index is 679. The lowest BCUT2D eigenvalue weighted by Gasteiger charge is -2.20. The third-order valence-corrected chi connectivity index (χ3v) is 4.90. The summed E-state index contributed by atoms with van der Waals surface area (Å²) in [5, 5.41) is 5.10. The second-order valence-electron chi connectivity index (χ2n) is 6.77. The standard InChI is InChI=1S/C20H26N2O2/c1-14(17-10-9-16-6-3-4-7-18(16)12-17)22-20(23)13-21-15(2)19-8-5-11-24-19/h5,8-12,14-15,21H,3-4,6-7,13H2,1-2H3,(H,22,23)/p+1/t14-,15-/m0/s1. The minimum Gasteiger partial charge on any atom is -0.463 e. The summed E-state index contributed by atoms with van der Waals surface area (Å²) in [6.07, 6.45) is 6.59. The summed E-state index contributed by atoms with van der Waals surface area (Å²) in [5.41, 5.74) is 4.13. The summed E-state index contributed by atoms with van der Waals surface area (Å²) in [4.78, 5) is 12.2. The monoisotopic (exact) mass is 327 g/mol. The number of hydrogen-bond donors (Lipinski definition) is 2. The van der Waals surface area contributed by atoms with Crippen molar-refractivity contribution in [2.75, 3.05) is 6.54 Å². The minimum absolute atomic E-state index is 0.0389. The Balaban J connectivity index is 1.52. The lowest BCUT2D eigenvalue weighted by atomic mass is 9.89. The molecule has 3 N–H and O–H groups in total. The molecular formula is C20H27N2O2+. The van der Waals surface area contributed by atoms with Crippen molar-refractivity contribution in [2.24, 2.45) is 0 Å². The first kappa shape index (κ1) is 16.8. The minimum atomic E-state index is 0.0389. The van der Waals surface area contributed by atoms with Gasteiger partial charge in [-0.05, 0) is 68.4 Å². The van der Waals surface area contributed by atoms with Crippen LogP contribution in [0, 0.1) is 0 Å². The molecular weight excluding hydrogens is 300 g/mol. The van der Waals surface area contributed by atoms with E-state index in [4.69, 9.17) is 4.42 Å². The molecule has 4 heteroatoms. The number of carbonyl (C=O) groups excluding carboxylic acids is 1. The van der Waals surface area contributed by atoms with Crippen molar-refractivity contribution in [3.05, 3.63) is 59.0 Å². The van der Waals surface area contributed by atoms with Gasteiger partial charge in [0.15, 0.2) is 12.3 Å². The number of benzene rings is 1. The number of nitrogens with one attached hydrogen (secondary N) is 1. The van der Waals surface area contributed by atoms with Gasteiger partial charge < -0.3 is 15.1 Å². The fraction of sp³-hybridized carbons (Fsp3) is 0.450. The molecule has 24 heavy (non-hydrogen) atoms. The van der Waals surface area contributed by atoms with E-state index in [1.54, 1.807) is 6.26 Å². The highest BCUT2D eigenvalue weighted by Crippen LogP contribution is 2.24. The maximum Gasteiger partial charge on any atom is 0.275 e. The SMILES string of the molecule is C[C@H](NC(=O)C[NH2+][C@@H](C)c1ccco1)c1ccc2c(c1)CCCC2. The number of amides is 1. The molecule has 1 aliphatic carbocycles. The molecule has 1 aromatic heterocycles. The maximum atomic E-state index is 12.2. The second kappa shape index (κ2) is 7.67. The van der Waals surface area contributed by atoms with Crippen LogP contribution in [0.3, 0.4) is 0 Å². The Morgan fingerprint density at radius 3 is 2.75 bits per heavy atom. The van der Waals surface area contributed by atoms with E-state index in [1.165, 1.54) is 36.0 Å². The predicted octanol–water partition coefficient (Wildman–Crippen LogP) is 2.66. The van der Waals surface area contributed by atoms with E-state index in [9.17, 15) is 4.79 Å². The van der Waals surface area contributed by atoms with Gasteiger partial charge in [0, 0.05) is 0 Å². The van der Waals surface area contributed by atoms with E-state index in [2.05, 4.69) is 30.4 Å². The van der Waals surface area contributed by atoms with Crippen LogP contribution in [-0.2, 0) is 17.6 Å². The molecule has 0 aliphatic heterocycles. The Morgan fingerprint density at radius 1 is 1.21 bits per heavy atom. The van der Waals surface area contributed by atoms with E-state index < -0.39 is 0 Å². The molecule has 3 rings (SSSR count). The van der Waals surface area contributed by atoms with Crippen molar-refractivity contribution in [3.8, 4) is 0 Å². The van der Waals surface area contributed by atoms with Crippen LogP contribution in [0.25, 0.3) is 0 Å². The van der Waals surface area contributed by atoms with Gasteiger partial charge in [0.2, 0.25) is 0 Å². The average Bonchev–Trinajstić information content (AvgIpc) is 3.14. The zero-order valence-electron chi connectivity index (χ0n) is 14.5. The number of rotatable bonds is 6. The molecule has 0 bridgehead atoms. The third kappa shape index (κ3) is 4.06. The molecule has 0 saturated carbocycles. The van der Waals surface area contributed by atoms with Gasteiger partial charge in [-0.3, -0.25) is 4.79 Å². The van der Waals surface area contributed by atoms with E-state index in [1.807, 2.05) is 24.4 Å². The number of aryl methyl sites for hydroxylation is 2. The number of furan rings is 1. The quantitative estimate of drug-likeness (QED) is 0.857. The van der Waals surface area contributed by atoms with Crippen molar-refractivity contribution in [3.63, 3.8) is 0 Å². The normalized spacial score (nSPS) is 16.2. The van der Waals surface area contributed by atoms with Gasteiger partial charge >= 0.3 is 0 Å². The van der Waals surface area contributed by atoms with Crippen molar-refractivity contribution in [1.82, 2.24) is 5.32 Å². The fourth-order valence-corrected chi connectivity index (χ4v) is 3.36. The largest absolute Gasteiger partial charge is 0.463 e. The summed E-state index contributed by atoms with van der Waals surface area (Å²) in [5.74, 6) is 0.948. The van der Waals surface area contributed by atoms with Crippen LogP contribution in [0.1, 0.15) is 61.2 Å². The van der Waals surface area contributed by atoms with Crippen LogP contribution >= 0.6 is 0 Å². The lowest BCUT2D eigenvalue weighted by Crippen LogP contribution is -2.87. The third-order valence-electron chi connectivity index (χ3n) is 4.90. The summed E-state index contributed by atoms with van der Waals surface area (Å²) < 4.78 is 5.37. The van der Waals surface area contributed by atoms with Gasteiger partial charge in [-0.2, -0.15) is 0 Å². The van der Waals surface area contributed by atoms with Crippen LogP contribution < -0.4 is 10.6 Å². The lowest BCUT2D eigenvalue weighted by molar-refractivity contribution is -0.684. The molecule has 2 atom stereocenters. The van der Waals surface area contributed by atoms with E-state index in [0.717, 1.165) is 12.2 Å². The molecule has 1 aliphatic rings. The molecule has 0 radical (unpaired) electrons. The van der Waals surface area contributed by atoms with Crippen LogP contribution in [-0.4, -0.2) is 12.5 Å². The first-order valence-corrected chi connectivity index (χ1v) is 8.91. The van der Waals surface area contributed by atoms with Crippen molar-refractivity contribution < 1.29 is 14.5 Å². The summed E-state index contributed by atoms with van der Waals surface area (Å²) in [7, 11) is 0. The number of quaternary nitrogens is 1. The fourth-order valence-electron chi connectivity index (χ4n) is 3.36. The van der Waals surface area contributed by atoms with Crippen LogP contribution in [0.2, 0.25) is 0 Å². The number of nitrogens with two attached hydrogens (primary N) is 1. The summed E-state index contributed by atoms with van der Waals surface area (Å²) in [6, 6.07) is 10.7. The molecule has 1 heterocycles. The maximum absolute atomic E-state index is 12.2. The van der Waals surface area contributed by atoms with Crippen molar-refractivity contribution in [2.45, 2.75) is 51.6 Å². The molecule has 4 nitrogen and oxygen atoms in total. The topological polar surface area (TPSA) is 58.9 Å². The number of hydrogen-bond acceptors (Lipinski definition) is 2. The first-order valence-electron chi connectivity index (χ1n) is 8.91. The number of carbonyl (C=O) groups is 1. The Labute approximate surface area is 143 Å². The van der Waals surface area contributed by atoms with Gasteiger partial charge in [-0.25, -0.2) is 0 Å². The highest BCUT2D eigenvalue weighted by molar-refractivity contribution is 5.77. The van der Waals surface area contributed by atoms with Gasteiger partial charge in [0.1, 0.15) is 6.04 Å². The van der Waals surface area contributed by atoms with E-state index in [0.29, 0.717) is 6.54 Å². The smallest absolute Gasteiger partial charge is 0.275 e. The zero-order valence-corrected chi connectivity index (χ0v) is 14.5. The van der Waals surface area contributed by atoms with E-state index >= 15 is 0 Å². The molecule has 1 amide bonds. The molecule has 1 aromatic carbocycles. The summed E-state index contributed by atoms with van der Waals surface area (Å²) >= 11 is 0. The van der Waals surface area contributed by atoms with Gasteiger partial charge in [-0.15, -0.1) is 0 Å².